The molecule has 35 heavy (non-hydrogen) atoms. The number of carbonyl (C=O) groups excluding carboxylic acids is 3. The van der Waals surface area contributed by atoms with Crippen LogP contribution in [0.2, 0.25) is 0 Å². The van der Waals surface area contributed by atoms with Crippen LogP contribution >= 0.6 is 0 Å². The molecular formula is C23H22F5N3O4. The molecule has 0 aliphatic carbocycles. The van der Waals surface area contributed by atoms with Gasteiger partial charge in [-0.2, -0.15) is 22.0 Å². The molecule has 1 aliphatic rings. The zero-order valence-corrected chi connectivity index (χ0v) is 18.4. The number of anilines is 1. The van der Waals surface area contributed by atoms with E-state index in [0.717, 1.165) is 0 Å². The quantitative estimate of drug-likeness (QED) is 0.401. The van der Waals surface area contributed by atoms with Crippen LogP contribution in [0.15, 0.2) is 48.5 Å². The number of aliphatic hydroxyl groups is 1. The molecule has 1 aliphatic heterocycles. The molecule has 3 amide bonds. The SMILES string of the molecule is CCC[C@](O)(C(N)=O)C(=O)N(CC(F)(F)C(F)(F)F)[C@@H]1C(=O)Nc2ccccc2-c2ccccc21. The van der Waals surface area contributed by atoms with Crippen LogP contribution in [-0.2, 0) is 14.4 Å². The van der Waals surface area contributed by atoms with Gasteiger partial charge in [0.25, 0.3) is 17.7 Å². The number of alkyl halides is 5. The second-order valence-electron chi connectivity index (χ2n) is 8.13. The molecule has 0 fully saturated rings. The summed E-state index contributed by atoms with van der Waals surface area (Å²) in [4.78, 5) is 38.5. The van der Waals surface area contributed by atoms with E-state index in [1.54, 1.807) is 24.3 Å². The molecule has 0 radical (unpaired) electrons. The monoisotopic (exact) mass is 499 g/mol. The highest BCUT2D eigenvalue weighted by atomic mass is 19.4. The Morgan fingerprint density at radius 2 is 1.60 bits per heavy atom. The highest BCUT2D eigenvalue weighted by Crippen LogP contribution is 2.43. The third-order valence-electron chi connectivity index (χ3n) is 5.71. The zero-order valence-electron chi connectivity index (χ0n) is 18.4. The van der Waals surface area contributed by atoms with Gasteiger partial charge in [-0.15, -0.1) is 0 Å². The van der Waals surface area contributed by atoms with Gasteiger partial charge in [-0.1, -0.05) is 55.8 Å². The highest BCUT2D eigenvalue weighted by molar-refractivity contribution is 6.10. The van der Waals surface area contributed by atoms with Crippen LogP contribution in [0.3, 0.4) is 0 Å². The number of para-hydroxylation sites is 1. The lowest BCUT2D eigenvalue weighted by molar-refractivity contribution is -0.287. The summed E-state index contributed by atoms with van der Waals surface area (Å²) < 4.78 is 68.1. The number of benzene rings is 2. The Morgan fingerprint density at radius 3 is 2.17 bits per heavy atom. The number of fused-ring (bicyclic) bond motifs is 3. The average molecular weight is 499 g/mol. The average Bonchev–Trinajstić information content (AvgIpc) is 2.90. The number of nitrogens with zero attached hydrogens (tertiary/aromatic N) is 1. The van der Waals surface area contributed by atoms with E-state index in [9.17, 15) is 41.4 Å². The second-order valence-corrected chi connectivity index (χ2v) is 8.13. The first kappa shape index (κ1) is 26.1. The van der Waals surface area contributed by atoms with Crippen LogP contribution in [-0.4, -0.2) is 52.0 Å². The van der Waals surface area contributed by atoms with Crippen molar-refractivity contribution in [2.75, 3.05) is 11.9 Å². The molecule has 0 bridgehead atoms. The molecule has 2 atom stereocenters. The van der Waals surface area contributed by atoms with Crippen LogP contribution in [0.1, 0.15) is 31.4 Å². The fourth-order valence-electron chi connectivity index (χ4n) is 3.98. The summed E-state index contributed by atoms with van der Waals surface area (Å²) in [7, 11) is 0. The summed E-state index contributed by atoms with van der Waals surface area (Å²) in [6.45, 7) is -0.905. The maximum absolute atomic E-state index is 14.3. The molecule has 1 heterocycles. The fourth-order valence-corrected chi connectivity index (χ4v) is 3.98. The van der Waals surface area contributed by atoms with Gasteiger partial charge in [-0.3, -0.25) is 14.4 Å². The van der Waals surface area contributed by atoms with Gasteiger partial charge in [0.2, 0.25) is 5.60 Å². The minimum atomic E-state index is -6.09. The van der Waals surface area contributed by atoms with Gasteiger partial charge in [0.1, 0.15) is 6.04 Å². The topological polar surface area (TPSA) is 113 Å². The largest absolute Gasteiger partial charge is 0.455 e. The Balaban J connectivity index is 2.26. The maximum Gasteiger partial charge on any atom is 0.455 e. The molecule has 2 aromatic rings. The van der Waals surface area contributed by atoms with Crippen LogP contribution in [0.5, 0.6) is 0 Å². The van der Waals surface area contributed by atoms with E-state index in [0.29, 0.717) is 5.56 Å². The third kappa shape index (κ3) is 4.70. The van der Waals surface area contributed by atoms with E-state index < -0.39 is 54.4 Å². The summed E-state index contributed by atoms with van der Waals surface area (Å²) in [6, 6.07) is 9.95. The van der Waals surface area contributed by atoms with Crippen LogP contribution in [0.4, 0.5) is 27.6 Å². The minimum absolute atomic E-state index is 0.0480. The molecule has 0 saturated heterocycles. The van der Waals surface area contributed by atoms with Crippen LogP contribution in [0.25, 0.3) is 11.1 Å². The first-order valence-corrected chi connectivity index (χ1v) is 10.5. The molecule has 7 nitrogen and oxygen atoms in total. The highest BCUT2D eigenvalue weighted by Gasteiger charge is 2.61. The molecule has 188 valence electrons. The first-order chi connectivity index (χ1) is 16.2. The summed E-state index contributed by atoms with van der Waals surface area (Å²) in [5, 5.41) is 13.1. The number of primary amides is 1. The molecule has 4 N–H and O–H groups in total. The number of carbonyl (C=O) groups is 3. The fraction of sp³-hybridized carbons (Fsp3) is 0.348. The van der Waals surface area contributed by atoms with E-state index in [2.05, 4.69) is 5.32 Å². The van der Waals surface area contributed by atoms with Gasteiger partial charge in [0.05, 0.1) is 6.54 Å². The lowest BCUT2D eigenvalue weighted by atomic mass is 9.91. The number of hydrogen-bond acceptors (Lipinski definition) is 4. The standard InChI is InChI=1S/C23H22F5N3O4/c1-2-11-21(35,19(29)33)20(34)31(12-22(24,25)23(26,27)28)17-15-9-4-3-7-13(15)14-8-5-6-10-16(14)30-18(17)32/h3-10,17,35H,2,11-12H2,1H3,(H2,29,33)(H,30,32)/t17-,21-/m0/s1. The van der Waals surface area contributed by atoms with Crippen molar-refractivity contribution in [2.45, 2.75) is 43.5 Å². The molecule has 2 aromatic carbocycles. The van der Waals surface area contributed by atoms with Crippen molar-refractivity contribution in [1.29, 1.82) is 0 Å². The smallest absolute Gasteiger partial charge is 0.372 e. The molecular weight excluding hydrogens is 477 g/mol. The molecule has 0 spiro atoms. The number of halogens is 5. The Labute approximate surface area is 196 Å². The summed E-state index contributed by atoms with van der Waals surface area (Å²) in [6.07, 6.45) is -6.80. The first-order valence-electron chi connectivity index (χ1n) is 10.5. The van der Waals surface area contributed by atoms with Crippen molar-refractivity contribution in [3.05, 3.63) is 54.1 Å². The van der Waals surface area contributed by atoms with E-state index in [1.807, 2.05) is 0 Å². The van der Waals surface area contributed by atoms with Crippen molar-refractivity contribution in [3.8, 4) is 11.1 Å². The van der Waals surface area contributed by atoms with Crippen molar-refractivity contribution in [3.63, 3.8) is 0 Å². The van der Waals surface area contributed by atoms with E-state index in [-0.39, 0.29) is 28.1 Å². The lowest BCUT2D eigenvalue weighted by Crippen LogP contribution is -2.61. The van der Waals surface area contributed by atoms with E-state index in [1.165, 1.54) is 31.2 Å². The molecule has 3 rings (SSSR count). The maximum atomic E-state index is 14.3. The molecule has 0 aromatic heterocycles. The van der Waals surface area contributed by atoms with Gasteiger partial charge < -0.3 is 21.1 Å². The Morgan fingerprint density at radius 1 is 1.03 bits per heavy atom. The van der Waals surface area contributed by atoms with Crippen LogP contribution in [0, 0.1) is 0 Å². The third-order valence-corrected chi connectivity index (χ3v) is 5.71. The number of amides is 3. The molecule has 0 unspecified atom stereocenters. The predicted octanol–water partition coefficient (Wildman–Crippen LogP) is 3.39. The Bertz CT molecular complexity index is 1150. The van der Waals surface area contributed by atoms with Crippen molar-refractivity contribution < 1.29 is 41.4 Å². The Hall–Kier alpha value is -3.54. The normalized spacial score (nSPS) is 17.3. The van der Waals surface area contributed by atoms with E-state index >= 15 is 0 Å². The van der Waals surface area contributed by atoms with Crippen molar-refractivity contribution >= 4 is 23.4 Å². The summed E-state index contributed by atoms with van der Waals surface area (Å²) >= 11 is 0. The van der Waals surface area contributed by atoms with Gasteiger partial charge in [-0.25, -0.2) is 0 Å². The number of hydrogen-bond donors (Lipinski definition) is 3. The number of rotatable bonds is 7. The second kappa shape index (κ2) is 9.25. The van der Waals surface area contributed by atoms with E-state index in [4.69, 9.17) is 5.73 Å². The molecule has 12 heteroatoms. The Kier molecular flexibility index (Phi) is 6.89. The lowest BCUT2D eigenvalue weighted by Gasteiger charge is -2.38. The molecule has 0 saturated carbocycles. The zero-order chi connectivity index (χ0) is 26.2. The minimum Gasteiger partial charge on any atom is -0.372 e. The number of nitrogens with one attached hydrogen (secondary N) is 1. The van der Waals surface area contributed by atoms with Gasteiger partial charge >= 0.3 is 12.1 Å². The summed E-state index contributed by atoms with van der Waals surface area (Å²) in [5.41, 5.74) is 2.88. The van der Waals surface area contributed by atoms with Gasteiger partial charge in [0, 0.05) is 11.3 Å². The van der Waals surface area contributed by atoms with Crippen molar-refractivity contribution in [2.24, 2.45) is 5.73 Å². The predicted molar refractivity (Wildman–Crippen MR) is 115 cm³/mol. The van der Waals surface area contributed by atoms with Crippen LogP contribution < -0.4 is 11.1 Å². The van der Waals surface area contributed by atoms with Gasteiger partial charge in [0.15, 0.2) is 0 Å². The number of nitrogens with two attached hydrogens (primary N) is 1. The van der Waals surface area contributed by atoms with Gasteiger partial charge in [-0.05, 0) is 23.6 Å². The van der Waals surface area contributed by atoms with Crippen molar-refractivity contribution in [1.82, 2.24) is 4.90 Å². The summed E-state index contributed by atoms with van der Waals surface area (Å²) in [5.74, 6) is -10.1.